The van der Waals surface area contributed by atoms with Crippen LogP contribution in [0.15, 0.2) is 0 Å². The van der Waals surface area contributed by atoms with E-state index >= 15 is 0 Å². The monoisotopic (exact) mass is 267 g/mol. The SMILES string of the molecule is CC1CN2CCCCC2CN1C1(CN)CCOCC1. The number of nitrogens with zero attached hydrogens (tertiary/aromatic N) is 2. The second-order valence-electron chi connectivity index (χ2n) is 6.69. The number of hydrogen-bond donors (Lipinski definition) is 1. The van der Waals surface area contributed by atoms with Gasteiger partial charge in [-0.1, -0.05) is 6.42 Å². The highest BCUT2D eigenvalue weighted by molar-refractivity contribution is 5.01. The topological polar surface area (TPSA) is 41.7 Å². The lowest BCUT2D eigenvalue weighted by molar-refractivity contribution is -0.0862. The van der Waals surface area contributed by atoms with Crippen LogP contribution in [0, 0.1) is 0 Å². The van der Waals surface area contributed by atoms with E-state index in [0.29, 0.717) is 6.04 Å². The van der Waals surface area contributed by atoms with E-state index in [9.17, 15) is 0 Å². The fourth-order valence-electron chi connectivity index (χ4n) is 4.37. The van der Waals surface area contributed by atoms with E-state index in [-0.39, 0.29) is 5.54 Å². The minimum Gasteiger partial charge on any atom is -0.381 e. The lowest BCUT2D eigenvalue weighted by Crippen LogP contribution is -2.68. The van der Waals surface area contributed by atoms with Crippen molar-refractivity contribution in [3.05, 3.63) is 0 Å². The summed E-state index contributed by atoms with van der Waals surface area (Å²) in [4.78, 5) is 5.45. The Kier molecular flexibility index (Phi) is 4.13. The molecule has 2 N–H and O–H groups in total. The minimum atomic E-state index is 0.210. The highest BCUT2D eigenvalue weighted by Gasteiger charge is 2.44. The summed E-state index contributed by atoms with van der Waals surface area (Å²) in [6, 6.07) is 1.41. The highest BCUT2D eigenvalue weighted by atomic mass is 16.5. The van der Waals surface area contributed by atoms with Crippen LogP contribution in [0.5, 0.6) is 0 Å². The molecule has 0 aromatic rings. The summed E-state index contributed by atoms with van der Waals surface area (Å²) in [5.41, 5.74) is 6.40. The average molecular weight is 267 g/mol. The van der Waals surface area contributed by atoms with Gasteiger partial charge >= 0.3 is 0 Å². The number of rotatable bonds is 2. The number of nitrogens with two attached hydrogens (primary N) is 1. The molecule has 3 heterocycles. The standard InChI is InChI=1S/C15H29N3O/c1-13-10-17-7-3-2-4-14(17)11-18(13)15(12-16)5-8-19-9-6-15/h13-14H,2-12,16H2,1H3. The fraction of sp³-hybridized carbons (Fsp3) is 1.00. The molecule has 4 nitrogen and oxygen atoms in total. The Morgan fingerprint density at radius 1 is 1.21 bits per heavy atom. The molecule has 0 saturated carbocycles. The van der Waals surface area contributed by atoms with Gasteiger partial charge in [-0.2, -0.15) is 0 Å². The van der Waals surface area contributed by atoms with E-state index in [4.69, 9.17) is 10.5 Å². The fourth-order valence-corrected chi connectivity index (χ4v) is 4.37. The summed E-state index contributed by atoms with van der Waals surface area (Å²) < 4.78 is 5.57. The molecular weight excluding hydrogens is 238 g/mol. The molecule has 2 unspecified atom stereocenters. The van der Waals surface area contributed by atoms with Gasteiger partial charge in [0, 0.05) is 50.5 Å². The first-order valence-electron chi connectivity index (χ1n) is 8.04. The van der Waals surface area contributed by atoms with Crippen LogP contribution in [0.1, 0.15) is 39.0 Å². The molecule has 0 aliphatic carbocycles. The van der Waals surface area contributed by atoms with Crippen molar-refractivity contribution in [1.82, 2.24) is 9.80 Å². The first-order valence-corrected chi connectivity index (χ1v) is 8.04. The van der Waals surface area contributed by atoms with Crippen molar-refractivity contribution in [2.75, 3.05) is 39.4 Å². The van der Waals surface area contributed by atoms with Gasteiger partial charge in [0.1, 0.15) is 0 Å². The van der Waals surface area contributed by atoms with Gasteiger partial charge in [0.25, 0.3) is 0 Å². The largest absolute Gasteiger partial charge is 0.381 e. The number of piperidine rings is 1. The van der Waals surface area contributed by atoms with Crippen LogP contribution in [-0.4, -0.2) is 66.8 Å². The predicted molar refractivity (Wildman–Crippen MR) is 77.2 cm³/mol. The van der Waals surface area contributed by atoms with Crippen LogP contribution < -0.4 is 5.73 Å². The predicted octanol–water partition coefficient (Wildman–Crippen LogP) is 1.05. The first-order chi connectivity index (χ1) is 9.25. The number of fused-ring (bicyclic) bond motifs is 1. The maximum Gasteiger partial charge on any atom is 0.0484 e. The van der Waals surface area contributed by atoms with Crippen molar-refractivity contribution in [2.45, 2.75) is 56.7 Å². The van der Waals surface area contributed by atoms with Crippen LogP contribution in [0.4, 0.5) is 0 Å². The molecular formula is C15H29N3O. The molecule has 0 bridgehead atoms. The van der Waals surface area contributed by atoms with Crippen molar-refractivity contribution in [1.29, 1.82) is 0 Å². The zero-order chi connectivity index (χ0) is 13.3. The minimum absolute atomic E-state index is 0.210. The van der Waals surface area contributed by atoms with E-state index in [2.05, 4.69) is 16.7 Å². The van der Waals surface area contributed by atoms with Crippen LogP contribution >= 0.6 is 0 Å². The molecule has 19 heavy (non-hydrogen) atoms. The third kappa shape index (κ3) is 2.56. The Morgan fingerprint density at radius 3 is 2.74 bits per heavy atom. The number of hydrogen-bond acceptors (Lipinski definition) is 4. The van der Waals surface area contributed by atoms with E-state index in [1.165, 1.54) is 38.9 Å². The molecule has 0 spiro atoms. The van der Waals surface area contributed by atoms with Crippen molar-refractivity contribution >= 4 is 0 Å². The highest BCUT2D eigenvalue weighted by Crippen LogP contribution is 2.34. The smallest absolute Gasteiger partial charge is 0.0484 e. The first kappa shape index (κ1) is 13.8. The van der Waals surface area contributed by atoms with E-state index in [1.807, 2.05) is 0 Å². The van der Waals surface area contributed by atoms with E-state index in [0.717, 1.165) is 38.6 Å². The van der Waals surface area contributed by atoms with Crippen molar-refractivity contribution < 1.29 is 4.74 Å². The molecule has 4 heteroatoms. The normalized spacial score (nSPS) is 36.9. The Labute approximate surface area is 117 Å². The lowest BCUT2D eigenvalue weighted by Gasteiger charge is -2.55. The molecule has 3 aliphatic rings. The quantitative estimate of drug-likeness (QED) is 0.812. The maximum atomic E-state index is 6.19. The summed E-state index contributed by atoms with van der Waals surface area (Å²) in [6.07, 6.45) is 6.39. The third-order valence-electron chi connectivity index (χ3n) is 5.60. The number of ether oxygens (including phenoxy) is 1. The van der Waals surface area contributed by atoms with Crippen molar-refractivity contribution in [3.63, 3.8) is 0 Å². The van der Waals surface area contributed by atoms with Crippen LogP contribution in [0.3, 0.4) is 0 Å². The molecule has 0 radical (unpaired) electrons. The molecule has 2 atom stereocenters. The Hall–Kier alpha value is -0.160. The second-order valence-corrected chi connectivity index (χ2v) is 6.69. The zero-order valence-electron chi connectivity index (χ0n) is 12.3. The molecule has 0 aromatic heterocycles. The Balaban J connectivity index is 1.75. The van der Waals surface area contributed by atoms with Gasteiger partial charge in [-0.15, -0.1) is 0 Å². The molecule has 3 fully saturated rings. The summed E-state index contributed by atoms with van der Waals surface area (Å²) in [6.45, 7) is 8.70. The van der Waals surface area contributed by atoms with Gasteiger partial charge in [0.2, 0.25) is 0 Å². The third-order valence-corrected chi connectivity index (χ3v) is 5.60. The Morgan fingerprint density at radius 2 is 2.00 bits per heavy atom. The molecule has 0 aromatic carbocycles. The Bertz CT molecular complexity index is 304. The van der Waals surface area contributed by atoms with Crippen molar-refractivity contribution in [3.8, 4) is 0 Å². The molecule has 3 saturated heterocycles. The summed E-state index contributed by atoms with van der Waals surface area (Å²) in [5, 5.41) is 0. The van der Waals surface area contributed by atoms with Gasteiger partial charge in [0.15, 0.2) is 0 Å². The van der Waals surface area contributed by atoms with Gasteiger partial charge in [-0.05, 0) is 39.2 Å². The lowest BCUT2D eigenvalue weighted by atomic mass is 9.84. The number of piperazine rings is 1. The maximum absolute atomic E-state index is 6.19. The summed E-state index contributed by atoms with van der Waals surface area (Å²) in [7, 11) is 0. The average Bonchev–Trinajstić information content (AvgIpc) is 2.47. The van der Waals surface area contributed by atoms with E-state index in [1.54, 1.807) is 0 Å². The van der Waals surface area contributed by atoms with Crippen LogP contribution in [0.25, 0.3) is 0 Å². The van der Waals surface area contributed by atoms with Crippen LogP contribution in [-0.2, 0) is 4.74 Å². The molecule has 110 valence electrons. The second kappa shape index (κ2) is 5.68. The summed E-state index contributed by atoms with van der Waals surface area (Å²) in [5.74, 6) is 0. The van der Waals surface area contributed by atoms with E-state index < -0.39 is 0 Å². The van der Waals surface area contributed by atoms with Crippen LogP contribution in [0.2, 0.25) is 0 Å². The molecule has 0 amide bonds. The van der Waals surface area contributed by atoms with Crippen molar-refractivity contribution in [2.24, 2.45) is 5.73 Å². The molecule has 3 rings (SSSR count). The molecule has 3 aliphatic heterocycles. The van der Waals surface area contributed by atoms with Gasteiger partial charge < -0.3 is 10.5 Å². The summed E-state index contributed by atoms with van der Waals surface area (Å²) >= 11 is 0. The zero-order valence-corrected chi connectivity index (χ0v) is 12.3. The van der Waals surface area contributed by atoms with Gasteiger partial charge in [-0.3, -0.25) is 9.80 Å². The van der Waals surface area contributed by atoms with Gasteiger partial charge in [0.05, 0.1) is 0 Å². The van der Waals surface area contributed by atoms with Gasteiger partial charge in [-0.25, -0.2) is 0 Å².